The van der Waals surface area contributed by atoms with Gasteiger partial charge >= 0.3 is 5.97 Å². The van der Waals surface area contributed by atoms with E-state index in [4.69, 9.17) is 9.84 Å². The highest BCUT2D eigenvalue weighted by atomic mass is 16.5. The van der Waals surface area contributed by atoms with Gasteiger partial charge in [0.1, 0.15) is 5.69 Å². The summed E-state index contributed by atoms with van der Waals surface area (Å²) in [6, 6.07) is 2.99. The molecule has 0 radical (unpaired) electrons. The number of nitrogens with one attached hydrogen (secondary N) is 1. The molecule has 118 valence electrons. The minimum absolute atomic E-state index is 0.105. The van der Waals surface area contributed by atoms with Crippen LogP contribution in [0.4, 0.5) is 0 Å². The first-order chi connectivity index (χ1) is 10.5. The van der Waals surface area contributed by atoms with E-state index in [9.17, 15) is 9.59 Å². The second kappa shape index (κ2) is 6.04. The number of ether oxygens (including phenoxy) is 1. The number of aromatic nitrogens is 1. The van der Waals surface area contributed by atoms with Crippen LogP contribution in [0.5, 0.6) is 0 Å². The molecule has 2 N–H and O–H groups in total. The van der Waals surface area contributed by atoms with Crippen LogP contribution in [0.1, 0.15) is 52.2 Å². The van der Waals surface area contributed by atoms with Gasteiger partial charge in [-0.3, -0.25) is 4.79 Å². The lowest BCUT2D eigenvalue weighted by Gasteiger charge is -2.30. The lowest BCUT2D eigenvalue weighted by molar-refractivity contribution is -0.0102. The Bertz CT molecular complexity index is 598. The first-order valence-electron chi connectivity index (χ1n) is 7.68. The molecule has 2 aliphatic rings. The summed E-state index contributed by atoms with van der Waals surface area (Å²) < 4.78 is 5.75. The van der Waals surface area contributed by atoms with E-state index in [1.54, 1.807) is 6.92 Å². The molecule has 2 unspecified atom stereocenters. The Morgan fingerprint density at radius 3 is 2.73 bits per heavy atom. The number of pyridine rings is 1. The van der Waals surface area contributed by atoms with Crippen molar-refractivity contribution in [1.29, 1.82) is 0 Å². The number of carbonyl (C=O) groups excluding carboxylic acids is 1. The van der Waals surface area contributed by atoms with E-state index in [-0.39, 0.29) is 29.3 Å². The van der Waals surface area contributed by atoms with Crippen molar-refractivity contribution in [2.75, 3.05) is 6.61 Å². The van der Waals surface area contributed by atoms with Gasteiger partial charge in [0.05, 0.1) is 17.4 Å². The molecule has 1 saturated carbocycles. The summed E-state index contributed by atoms with van der Waals surface area (Å²) in [4.78, 5) is 27.3. The molecule has 2 heterocycles. The Hall–Kier alpha value is -1.95. The first-order valence-corrected chi connectivity index (χ1v) is 7.68. The van der Waals surface area contributed by atoms with Crippen molar-refractivity contribution in [1.82, 2.24) is 10.3 Å². The molecule has 1 saturated heterocycles. The molecule has 1 aromatic rings. The molecule has 3 rings (SSSR count). The molecule has 0 bridgehead atoms. The van der Waals surface area contributed by atoms with Crippen LogP contribution >= 0.6 is 0 Å². The van der Waals surface area contributed by atoms with E-state index < -0.39 is 5.97 Å². The molecule has 6 heteroatoms. The Labute approximate surface area is 128 Å². The number of hydrogen-bond donors (Lipinski definition) is 2. The number of aryl methyl sites for hydroxylation is 1. The molecule has 1 aliphatic heterocycles. The number of amides is 1. The van der Waals surface area contributed by atoms with Crippen molar-refractivity contribution in [3.05, 3.63) is 29.1 Å². The van der Waals surface area contributed by atoms with Crippen LogP contribution in [-0.2, 0) is 4.74 Å². The zero-order valence-electron chi connectivity index (χ0n) is 12.5. The summed E-state index contributed by atoms with van der Waals surface area (Å²) in [5.41, 5.74) is 0.733. The number of carboxylic acid groups (broad SMARTS) is 1. The van der Waals surface area contributed by atoms with Crippen molar-refractivity contribution < 1.29 is 19.4 Å². The summed E-state index contributed by atoms with van der Waals surface area (Å²) in [6.07, 6.45) is 4.37. The van der Waals surface area contributed by atoms with E-state index in [0.29, 0.717) is 18.2 Å². The summed E-state index contributed by atoms with van der Waals surface area (Å²) in [6.45, 7) is 2.27. The molecule has 1 aliphatic carbocycles. The minimum atomic E-state index is -1.03. The van der Waals surface area contributed by atoms with Crippen LogP contribution in [0.3, 0.4) is 0 Å². The molecule has 0 aromatic carbocycles. The zero-order valence-corrected chi connectivity index (χ0v) is 12.5. The van der Waals surface area contributed by atoms with Gasteiger partial charge in [0.15, 0.2) is 0 Å². The van der Waals surface area contributed by atoms with E-state index in [2.05, 4.69) is 10.3 Å². The molecular formula is C16H20N2O4. The smallest absolute Gasteiger partial charge is 0.337 e. The van der Waals surface area contributed by atoms with Gasteiger partial charge in [0, 0.05) is 12.6 Å². The Morgan fingerprint density at radius 2 is 2.09 bits per heavy atom. The van der Waals surface area contributed by atoms with E-state index in [1.165, 1.54) is 25.0 Å². The Morgan fingerprint density at radius 1 is 1.32 bits per heavy atom. The fourth-order valence-corrected chi connectivity index (χ4v) is 2.93. The van der Waals surface area contributed by atoms with Gasteiger partial charge in [-0.05, 0) is 50.7 Å². The van der Waals surface area contributed by atoms with Gasteiger partial charge in [-0.25, -0.2) is 9.78 Å². The Kier molecular flexibility index (Phi) is 4.11. The van der Waals surface area contributed by atoms with E-state index in [1.807, 2.05) is 0 Å². The topological polar surface area (TPSA) is 88.5 Å². The average Bonchev–Trinajstić information content (AvgIpc) is 3.31. The van der Waals surface area contributed by atoms with Gasteiger partial charge < -0.3 is 15.2 Å². The van der Waals surface area contributed by atoms with E-state index in [0.717, 1.165) is 12.8 Å². The van der Waals surface area contributed by atoms with Crippen molar-refractivity contribution in [2.24, 2.45) is 5.92 Å². The second-order valence-corrected chi connectivity index (χ2v) is 6.08. The average molecular weight is 304 g/mol. The van der Waals surface area contributed by atoms with Gasteiger partial charge in [-0.2, -0.15) is 0 Å². The predicted molar refractivity (Wildman–Crippen MR) is 78.9 cm³/mol. The van der Waals surface area contributed by atoms with Crippen LogP contribution in [0, 0.1) is 12.8 Å². The highest BCUT2D eigenvalue weighted by molar-refractivity contribution is 5.94. The third-order valence-corrected chi connectivity index (χ3v) is 4.35. The fraction of sp³-hybridized carbons (Fsp3) is 0.562. The highest BCUT2D eigenvalue weighted by Crippen LogP contribution is 2.38. The van der Waals surface area contributed by atoms with E-state index >= 15 is 0 Å². The molecule has 6 nitrogen and oxygen atoms in total. The number of carbonyl (C=O) groups is 2. The standard InChI is InChI=1S/C16H20N2O4/c1-9-12(16(20)21)4-5-13(17-9)15(19)18-11-6-7-22-14(8-11)10-2-3-10/h4-5,10-11,14H,2-3,6-8H2,1H3,(H,18,19)(H,20,21). The zero-order chi connectivity index (χ0) is 15.7. The first kappa shape index (κ1) is 15.0. The summed E-state index contributed by atoms with van der Waals surface area (Å²) in [7, 11) is 0. The van der Waals surface area contributed by atoms with Crippen LogP contribution in [0.25, 0.3) is 0 Å². The third-order valence-electron chi connectivity index (χ3n) is 4.35. The lowest BCUT2D eigenvalue weighted by atomic mass is 10.00. The normalized spacial score (nSPS) is 24.8. The van der Waals surface area contributed by atoms with Crippen molar-refractivity contribution in [3.8, 4) is 0 Å². The van der Waals surface area contributed by atoms with Crippen LogP contribution < -0.4 is 5.32 Å². The highest BCUT2D eigenvalue weighted by Gasteiger charge is 2.36. The van der Waals surface area contributed by atoms with Crippen molar-refractivity contribution in [3.63, 3.8) is 0 Å². The monoisotopic (exact) mass is 304 g/mol. The number of rotatable bonds is 4. The minimum Gasteiger partial charge on any atom is -0.478 e. The van der Waals surface area contributed by atoms with Gasteiger partial charge in [0.2, 0.25) is 0 Å². The lowest BCUT2D eigenvalue weighted by Crippen LogP contribution is -2.42. The van der Waals surface area contributed by atoms with Crippen molar-refractivity contribution >= 4 is 11.9 Å². The summed E-state index contributed by atoms with van der Waals surface area (Å²) >= 11 is 0. The molecule has 1 aromatic heterocycles. The predicted octanol–water partition coefficient (Wildman–Crippen LogP) is 1.78. The van der Waals surface area contributed by atoms with Gasteiger partial charge in [-0.1, -0.05) is 0 Å². The number of carboxylic acids is 1. The number of aromatic carboxylic acids is 1. The van der Waals surface area contributed by atoms with Crippen molar-refractivity contribution in [2.45, 2.75) is 44.8 Å². The fourth-order valence-electron chi connectivity index (χ4n) is 2.93. The SMILES string of the molecule is Cc1nc(C(=O)NC2CCOC(C3CC3)C2)ccc1C(=O)O. The van der Waals surface area contributed by atoms with Gasteiger partial charge in [0.25, 0.3) is 5.91 Å². The van der Waals surface area contributed by atoms with Crippen LogP contribution in [0.15, 0.2) is 12.1 Å². The molecular weight excluding hydrogens is 284 g/mol. The summed E-state index contributed by atoms with van der Waals surface area (Å²) in [5.74, 6) is -0.620. The molecule has 22 heavy (non-hydrogen) atoms. The maximum absolute atomic E-state index is 12.3. The maximum Gasteiger partial charge on any atom is 0.337 e. The quantitative estimate of drug-likeness (QED) is 0.885. The maximum atomic E-state index is 12.3. The largest absolute Gasteiger partial charge is 0.478 e. The van der Waals surface area contributed by atoms with Crippen LogP contribution in [-0.4, -0.2) is 40.7 Å². The number of nitrogens with zero attached hydrogens (tertiary/aromatic N) is 1. The number of hydrogen-bond acceptors (Lipinski definition) is 4. The second-order valence-electron chi connectivity index (χ2n) is 6.08. The van der Waals surface area contributed by atoms with Gasteiger partial charge in [-0.15, -0.1) is 0 Å². The molecule has 0 spiro atoms. The van der Waals surface area contributed by atoms with Crippen LogP contribution in [0.2, 0.25) is 0 Å². The Balaban J connectivity index is 1.63. The molecule has 2 atom stereocenters. The molecule has 2 fully saturated rings. The summed E-state index contributed by atoms with van der Waals surface area (Å²) in [5, 5.41) is 12.0. The molecule has 1 amide bonds. The third kappa shape index (κ3) is 3.27.